The molecule has 0 aromatic rings. The maximum absolute atomic E-state index is 11.3. The fourth-order valence-corrected chi connectivity index (χ4v) is 1.47. The van der Waals surface area contributed by atoms with Crippen LogP contribution in [0.25, 0.3) is 0 Å². The average molecular weight is 211 g/mol. The molecular weight excluding hydrogens is 194 g/mol. The van der Waals surface area contributed by atoms with Gasteiger partial charge in [-0.2, -0.15) is 0 Å². The monoisotopic (exact) mass is 211 g/mol. The van der Waals surface area contributed by atoms with E-state index in [9.17, 15) is 9.59 Å². The molecule has 0 spiro atoms. The summed E-state index contributed by atoms with van der Waals surface area (Å²) in [6, 6.07) is 0. The molecular formula is C11H17NO3. The number of hydrogen-bond donors (Lipinski definition) is 0. The summed E-state index contributed by atoms with van der Waals surface area (Å²) in [6.07, 6.45) is 3.45. The van der Waals surface area contributed by atoms with E-state index in [1.54, 1.807) is 7.11 Å². The van der Waals surface area contributed by atoms with E-state index in [1.807, 2.05) is 13.8 Å². The van der Waals surface area contributed by atoms with Crippen LogP contribution in [0, 0.1) is 5.41 Å². The lowest BCUT2D eigenvalue weighted by atomic mass is 9.89. The third-order valence-electron chi connectivity index (χ3n) is 2.47. The molecule has 2 amide bonds. The minimum atomic E-state index is -0.217. The summed E-state index contributed by atoms with van der Waals surface area (Å²) in [5.74, 6) is -0.434. The maximum Gasteiger partial charge on any atom is 0.253 e. The summed E-state index contributed by atoms with van der Waals surface area (Å²) in [7, 11) is 1.64. The van der Waals surface area contributed by atoms with Crippen molar-refractivity contribution in [3.05, 3.63) is 12.2 Å². The van der Waals surface area contributed by atoms with E-state index in [0.29, 0.717) is 13.2 Å². The fraction of sp³-hybridized carbons (Fsp3) is 0.636. The molecule has 0 N–H and O–H groups in total. The van der Waals surface area contributed by atoms with Gasteiger partial charge in [0.1, 0.15) is 0 Å². The Morgan fingerprint density at radius 3 is 2.27 bits per heavy atom. The van der Waals surface area contributed by atoms with Crippen LogP contribution in [0.15, 0.2) is 12.2 Å². The van der Waals surface area contributed by atoms with Crippen molar-refractivity contribution in [3.8, 4) is 0 Å². The number of rotatable bonds is 5. The van der Waals surface area contributed by atoms with Crippen LogP contribution < -0.4 is 0 Å². The number of carbonyl (C=O) groups is 2. The van der Waals surface area contributed by atoms with Gasteiger partial charge in [0.2, 0.25) is 0 Å². The first-order valence-electron chi connectivity index (χ1n) is 4.99. The van der Waals surface area contributed by atoms with Gasteiger partial charge in [0.15, 0.2) is 0 Å². The maximum atomic E-state index is 11.3. The number of imide groups is 1. The van der Waals surface area contributed by atoms with E-state index in [4.69, 9.17) is 4.74 Å². The Bertz CT molecular complexity index is 276. The van der Waals surface area contributed by atoms with E-state index >= 15 is 0 Å². The second-order valence-electron chi connectivity index (χ2n) is 4.50. The lowest BCUT2D eigenvalue weighted by Crippen LogP contribution is -2.38. The van der Waals surface area contributed by atoms with E-state index < -0.39 is 0 Å². The van der Waals surface area contributed by atoms with E-state index in [0.717, 1.165) is 6.42 Å². The highest BCUT2D eigenvalue weighted by atomic mass is 16.5. The van der Waals surface area contributed by atoms with Gasteiger partial charge in [-0.15, -0.1) is 0 Å². The molecule has 15 heavy (non-hydrogen) atoms. The molecule has 0 aliphatic carbocycles. The van der Waals surface area contributed by atoms with Crippen LogP contribution in [0.4, 0.5) is 0 Å². The number of nitrogens with zero attached hydrogens (tertiary/aromatic N) is 1. The molecule has 1 rings (SSSR count). The van der Waals surface area contributed by atoms with Crippen molar-refractivity contribution in [1.82, 2.24) is 4.90 Å². The molecule has 4 nitrogen and oxygen atoms in total. The zero-order valence-electron chi connectivity index (χ0n) is 9.45. The van der Waals surface area contributed by atoms with Gasteiger partial charge in [-0.05, 0) is 11.8 Å². The van der Waals surface area contributed by atoms with Gasteiger partial charge in [0.05, 0.1) is 0 Å². The molecule has 0 bridgehead atoms. The van der Waals surface area contributed by atoms with Crippen molar-refractivity contribution in [2.45, 2.75) is 20.3 Å². The Morgan fingerprint density at radius 2 is 1.80 bits per heavy atom. The molecule has 0 saturated carbocycles. The first-order chi connectivity index (χ1) is 6.96. The Hall–Kier alpha value is -1.16. The van der Waals surface area contributed by atoms with Crippen molar-refractivity contribution in [1.29, 1.82) is 0 Å². The van der Waals surface area contributed by atoms with Gasteiger partial charge in [-0.25, -0.2) is 0 Å². The average Bonchev–Trinajstić information content (AvgIpc) is 2.46. The van der Waals surface area contributed by atoms with Gasteiger partial charge in [0.25, 0.3) is 11.8 Å². The normalized spacial score (nSPS) is 16.6. The number of methoxy groups -OCH3 is 1. The first-order valence-corrected chi connectivity index (χ1v) is 4.99. The lowest BCUT2D eigenvalue weighted by molar-refractivity contribution is -0.138. The minimum Gasteiger partial charge on any atom is -0.385 e. The zero-order chi connectivity index (χ0) is 11.5. The standard InChI is InChI=1S/C11H17NO3/c1-11(2,6-7-15-3)8-12-9(13)4-5-10(12)14/h4-5H,6-8H2,1-3H3. The summed E-state index contributed by atoms with van der Waals surface area (Å²) in [5.41, 5.74) is -0.104. The van der Waals surface area contributed by atoms with Crippen LogP contribution in [0.3, 0.4) is 0 Å². The highest BCUT2D eigenvalue weighted by molar-refractivity contribution is 6.12. The second kappa shape index (κ2) is 4.57. The Labute approximate surface area is 89.9 Å². The Balaban J connectivity index is 2.53. The van der Waals surface area contributed by atoms with Crippen LogP contribution >= 0.6 is 0 Å². The van der Waals surface area contributed by atoms with Crippen molar-refractivity contribution in [2.75, 3.05) is 20.3 Å². The van der Waals surface area contributed by atoms with Gasteiger partial charge < -0.3 is 4.74 Å². The molecule has 84 valence electrons. The van der Waals surface area contributed by atoms with Crippen molar-refractivity contribution >= 4 is 11.8 Å². The summed E-state index contributed by atoms with van der Waals surface area (Å²) >= 11 is 0. The molecule has 1 heterocycles. The molecule has 0 saturated heterocycles. The molecule has 1 aliphatic rings. The minimum absolute atomic E-state index is 0.104. The van der Waals surface area contributed by atoms with Gasteiger partial charge in [-0.1, -0.05) is 13.8 Å². The number of hydrogen-bond acceptors (Lipinski definition) is 3. The molecule has 0 atom stereocenters. The Kier molecular flexibility index (Phi) is 3.63. The van der Waals surface area contributed by atoms with Crippen molar-refractivity contribution in [3.63, 3.8) is 0 Å². The predicted molar refractivity (Wildman–Crippen MR) is 56.1 cm³/mol. The third kappa shape index (κ3) is 3.16. The van der Waals surface area contributed by atoms with E-state index in [1.165, 1.54) is 17.1 Å². The van der Waals surface area contributed by atoms with E-state index in [-0.39, 0.29) is 17.2 Å². The number of carbonyl (C=O) groups excluding carboxylic acids is 2. The van der Waals surface area contributed by atoms with Gasteiger partial charge in [-0.3, -0.25) is 14.5 Å². The summed E-state index contributed by atoms with van der Waals surface area (Å²) in [6.45, 7) is 5.12. The molecule has 0 unspecified atom stereocenters. The Morgan fingerprint density at radius 1 is 1.27 bits per heavy atom. The van der Waals surface area contributed by atoms with Crippen molar-refractivity contribution in [2.24, 2.45) is 5.41 Å². The summed E-state index contributed by atoms with van der Waals surface area (Å²) in [5, 5.41) is 0. The molecule has 0 radical (unpaired) electrons. The van der Waals surface area contributed by atoms with E-state index in [2.05, 4.69) is 0 Å². The molecule has 0 aromatic carbocycles. The van der Waals surface area contributed by atoms with Crippen LogP contribution in [0.5, 0.6) is 0 Å². The smallest absolute Gasteiger partial charge is 0.253 e. The summed E-state index contributed by atoms with van der Waals surface area (Å²) in [4.78, 5) is 23.9. The quantitative estimate of drug-likeness (QED) is 0.637. The molecule has 0 fully saturated rings. The van der Waals surface area contributed by atoms with Crippen LogP contribution in [-0.2, 0) is 14.3 Å². The molecule has 0 aromatic heterocycles. The second-order valence-corrected chi connectivity index (χ2v) is 4.50. The van der Waals surface area contributed by atoms with Crippen LogP contribution in [0.1, 0.15) is 20.3 Å². The SMILES string of the molecule is COCCC(C)(C)CN1C(=O)C=CC1=O. The highest BCUT2D eigenvalue weighted by Gasteiger charge is 2.30. The van der Waals surface area contributed by atoms with Crippen molar-refractivity contribution < 1.29 is 14.3 Å². The number of ether oxygens (including phenoxy) is 1. The number of amides is 2. The molecule has 1 aliphatic heterocycles. The van der Waals surface area contributed by atoms with Crippen LogP contribution in [-0.4, -0.2) is 37.0 Å². The molecule has 4 heteroatoms. The summed E-state index contributed by atoms with van der Waals surface area (Å²) < 4.78 is 4.99. The largest absolute Gasteiger partial charge is 0.385 e. The lowest BCUT2D eigenvalue weighted by Gasteiger charge is -2.28. The predicted octanol–water partition coefficient (Wildman–Crippen LogP) is 0.974. The topological polar surface area (TPSA) is 46.6 Å². The fourth-order valence-electron chi connectivity index (χ4n) is 1.47. The highest BCUT2D eigenvalue weighted by Crippen LogP contribution is 2.23. The van der Waals surface area contributed by atoms with Gasteiger partial charge in [0, 0.05) is 32.4 Å². The van der Waals surface area contributed by atoms with Crippen LogP contribution in [0.2, 0.25) is 0 Å². The first kappa shape index (κ1) is 11.9. The zero-order valence-corrected chi connectivity index (χ0v) is 9.45. The van der Waals surface area contributed by atoms with Gasteiger partial charge >= 0.3 is 0 Å². The third-order valence-corrected chi connectivity index (χ3v) is 2.47.